The lowest BCUT2D eigenvalue weighted by Gasteiger charge is -2.31. The summed E-state index contributed by atoms with van der Waals surface area (Å²) in [7, 11) is 1.87. The Morgan fingerprint density at radius 1 is 1.38 bits per heavy atom. The summed E-state index contributed by atoms with van der Waals surface area (Å²) in [5.41, 5.74) is 0.789. The fraction of sp³-hybridized carbons (Fsp3) is 0.647. The molecule has 1 saturated heterocycles. The number of aryl methyl sites for hydroxylation is 1. The molecule has 1 aliphatic rings. The second-order valence-electron chi connectivity index (χ2n) is 7.57. The number of aromatic nitrogens is 5. The minimum Gasteiger partial charge on any atom is -0.371 e. The van der Waals surface area contributed by atoms with Crippen LogP contribution in [0, 0.1) is 0 Å². The van der Waals surface area contributed by atoms with E-state index in [0.717, 1.165) is 24.2 Å². The molecule has 9 heteroatoms. The third-order valence-corrected chi connectivity index (χ3v) is 4.35. The van der Waals surface area contributed by atoms with Gasteiger partial charge in [-0.25, -0.2) is 14.5 Å². The van der Waals surface area contributed by atoms with E-state index in [2.05, 4.69) is 25.8 Å². The van der Waals surface area contributed by atoms with Crippen LogP contribution in [0.4, 0.5) is 4.79 Å². The van der Waals surface area contributed by atoms with Crippen molar-refractivity contribution in [3.8, 4) is 0 Å². The number of carbonyl (C=O) groups is 1. The van der Waals surface area contributed by atoms with Gasteiger partial charge >= 0.3 is 6.03 Å². The quantitative estimate of drug-likeness (QED) is 0.859. The normalized spacial score (nSPS) is 20.8. The van der Waals surface area contributed by atoms with E-state index in [1.54, 1.807) is 10.9 Å². The van der Waals surface area contributed by atoms with Gasteiger partial charge in [-0.15, -0.1) is 0 Å². The first-order valence-corrected chi connectivity index (χ1v) is 8.88. The van der Waals surface area contributed by atoms with Crippen molar-refractivity contribution >= 4 is 6.03 Å². The van der Waals surface area contributed by atoms with Gasteiger partial charge in [-0.1, -0.05) is 0 Å². The molecule has 2 aromatic heterocycles. The Bertz CT molecular complexity index is 746. The highest BCUT2D eigenvalue weighted by molar-refractivity contribution is 5.74. The molecule has 1 fully saturated rings. The van der Waals surface area contributed by atoms with Gasteiger partial charge in [-0.2, -0.15) is 10.2 Å². The predicted octanol–water partition coefficient (Wildman–Crippen LogP) is 1.49. The number of nitrogens with one attached hydrogen (secondary N) is 2. The molecule has 26 heavy (non-hydrogen) atoms. The van der Waals surface area contributed by atoms with Crippen LogP contribution >= 0.6 is 0 Å². The van der Waals surface area contributed by atoms with Crippen LogP contribution in [0.2, 0.25) is 0 Å². The van der Waals surface area contributed by atoms with Gasteiger partial charge in [0.05, 0.1) is 24.3 Å². The van der Waals surface area contributed by atoms with Crippen LogP contribution in [-0.4, -0.2) is 43.2 Å². The Labute approximate surface area is 153 Å². The van der Waals surface area contributed by atoms with Gasteiger partial charge in [0.15, 0.2) is 0 Å². The summed E-state index contributed by atoms with van der Waals surface area (Å²) in [6.07, 6.45) is 6.82. The molecule has 0 saturated carbocycles. The first-order chi connectivity index (χ1) is 12.3. The van der Waals surface area contributed by atoms with Crippen molar-refractivity contribution < 1.29 is 9.53 Å². The van der Waals surface area contributed by atoms with Crippen LogP contribution in [0.1, 0.15) is 51.1 Å². The van der Waals surface area contributed by atoms with Gasteiger partial charge in [0, 0.05) is 25.4 Å². The lowest BCUT2D eigenvalue weighted by atomic mass is 9.98. The molecule has 0 unspecified atom stereocenters. The van der Waals surface area contributed by atoms with Gasteiger partial charge in [-0.3, -0.25) is 4.68 Å². The molecule has 3 heterocycles. The van der Waals surface area contributed by atoms with Gasteiger partial charge in [0.2, 0.25) is 0 Å². The van der Waals surface area contributed by atoms with Crippen LogP contribution < -0.4 is 10.6 Å². The van der Waals surface area contributed by atoms with E-state index >= 15 is 0 Å². The lowest BCUT2D eigenvalue weighted by molar-refractivity contribution is -0.00747. The smallest absolute Gasteiger partial charge is 0.315 e. The monoisotopic (exact) mass is 361 g/mol. The molecule has 3 rings (SSSR count). The van der Waals surface area contributed by atoms with Crippen LogP contribution in [-0.2, 0) is 23.9 Å². The van der Waals surface area contributed by atoms with E-state index < -0.39 is 0 Å². The first kappa shape index (κ1) is 18.4. The first-order valence-electron chi connectivity index (χ1n) is 8.88. The van der Waals surface area contributed by atoms with E-state index in [9.17, 15) is 4.79 Å². The molecule has 0 aromatic carbocycles. The molecule has 0 spiro atoms. The summed E-state index contributed by atoms with van der Waals surface area (Å²) in [5.74, 6) is 0.719. The van der Waals surface area contributed by atoms with Gasteiger partial charge in [-0.05, 0) is 33.6 Å². The van der Waals surface area contributed by atoms with E-state index in [-0.39, 0.29) is 23.7 Å². The number of urea groups is 1. The van der Waals surface area contributed by atoms with Crippen LogP contribution in [0.25, 0.3) is 0 Å². The summed E-state index contributed by atoms with van der Waals surface area (Å²) in [5, 5.41) is 14.3. The zero-order valence-corrected chi connectivity index (χ0v) is 15.8. The standard InChI is InChI=1S/C17H27N7O2/c1-17(2,3)24-14(19-11-21-24)9-18-16(25)22-13-6-5-7-26-15(13)12-8-20-23(4)10-12/h8,10-11,13,15H,5-7,9H2,1-4H3,(H2,18,22,25)/t13-,15+/m0/s1. The maximum absolute atomic E-state index is 12.4. The van der Waals surface area contributed by atoms with Crippen LogP contribution in [0.5, 0.6) is 0 Å². The molecule has 142 valence electrons. The van der Waals surface area contributed by atoms with Crippen molar-refractivity contribution in [1.29, 1.82) is 0 Å². The molecule has 1 aliphatic heterocycles. The Balaban J connectivity index is 1.59. The minimum absolute atomic E-state index is 0.0894. The van der Waals surface area contributed by atoms with Gasteiger partial charge < -0.3 is 15.4 Å². The van der Waals surface area contributed by atoms with Crippen molar-refractivity contribution in [2.24, 2.45) is 7.05 Å². The molecule has 0 bridgehead atoms. The van der Waals surface area contributed by atoms with E-state index in [1.165, 1.54) is 6.33 Å². The van der Waals surface area contributed by atoms with Gasteiger partial charge in [0.1, 0.15) is 18.3 Å². The number of hydrogen-bond donors (Lipinski definition) is 2. The van der Waals surface area contributed by atoms with Crippen molar-refractivity contribution in [2.45, 2.75) is 57.8 Å². The fourth-order valence-electron chi connectivity index (χ4n) is 3.17. The fourth-order valence-corrected chi connectivity index (χ4v) is 3.17. The third-order valence-electron chi connectivity index (χ3n) is 4.35. The van der Waals surface area contributed by atoms with E-state index in [0.29, 0.717) is 13.2 Å². The summed E-state index contributed by atoms with van der Waals surface area (Å²) in [6.45, 7) is 7.14. The molecule has 0 aliphatic carbocycles. The van der Waals surface area contributed by atoms with Gasteiger partial charge in [0.25, 0.3) is 0 Å². The number of carbonyl (C=O) groups excluding carboxylic acids is 1. The number of rotatable bonds is 4. The average molecular weight is 361 g/mol. The summed E-state index contributed by atoms with van der Waals surface area (Å²) < 4.78 is 9.44. The summed E-state index contributed by atoms with van der Waals surface area (Å²) >= 11 is 0. The molecule has 0 radical (unpaired) electrons. The van der Waals surface area contributed by atoms with Crippen molar-refractivity contribution in [3.63, 3.8) is 0 Å². The molecule has 2 aromatic rings. The second-order valence-corrected chi connectivity index (χ2v) is 7.57. The number of nitrogens with zero attached hydrogens (tertiary/aromatic N) is 5. The number of hydrogen-bond acceptors (Lipinski definition) is 5. The van der Waals surface area contributed by atoms with Crippen LogP contribution in [0.15, 0.2) is 18.7 Å². The topological polar surface area (TPSA) is 98.9 Å². The van der Waals surface area contributed by atoms with E-state index in [1.807, 2.05) is 38.7 Å². The Morgan fingerprint density at radius 3 is 2.88 bits per heavy atom. The third kappa shape index (κ3) is 4.21. The molecular weight excluding hydrogens is 334 g/mol. The molecule has 2 atom stereocenters. The highest BCUT2D eigenvalue weighted by Crippen LogP contribution is 2.28. The highest BCUT2D eigenvalue weighted by Gasteiger charge is 2.30. The van der Waals surface area contributed by atoms with Crippen molar-refractivity contribution in [2.75, 3.05) is 6.61 Å². The Morgan fingerprint density at radius 2 is 2.19 bits per heavy atom. The molecule has 2 N–H and O–H groups in total. The summed E-state index contributed by atoms with van der Waals surface area (Å²) in [6, 6.07) is -0.328. The molecular formula is C17H27N7O2. The SMILES string of the molecule is Cn1cc([C@H]2OCCC[C@@H]2NC(=O)NCc2ncnn2C(C)(C)C)cn1. The maximum Gasteiger partial charge on any atom is 0.315 e. The molecule has 2 amide bonds. The highest BCUT2D eigenvalue weighted by atomic mass is 16.5. The zero-order chi connectivity index (χ0) is 18.7. The lowest BCUT2D eigenvalue weighted by Crippen LogP contribution is -2.47. The average Bonchev–Trinajstić information content (AvgIpc) is 3.22. The largest absolute Gasteiger partial charge is 0.371 e. The van der Waals surface area contributed by atoms with Crippen molar-refractivity contribution in [3.05, 3.63) is 30.1 Å². The molecule has 9 nitrogen and oxygen atoms in total. The Kier molecular flexibility index (Phi) is 5.26. The van der Waals surface area contributed by atoms with Crippen molar-refractivity contribution in [1.82, 2.24) is 35.2 Å². The maximum atomic E-state index is 12.4. The summed E-state index contributed by atoms with van der Waals surface area (Å²) in [4.78, 5) is 16.6. The number of ether oxygens (including phenoxy) is 1. The second kappa shape index (κ2) is 7.45. The predicted molar refractivity (Wildman–Crippen MR) is 95.3 cm³/mol. The number of amides is 2. The minimum atomic E-state index is -0.238. The van der Waals surface area contributed by atoms with E-state index in [4.69, 9.17) is 4.74 Å². The van der Waals surface area contributed by atoms with Crippen LogP contribution in [0.3, 0.4) is 0 Å². The Hall–Kier alpha value is -2.42. The zero-order valence-electron chi connectivity index (χ0n) is 15.8.